The van der Waals surface area contributed by atoms with Crippen LogP contribution in [0.4, 0.5) is 5.13 Å². The standard InChI is InChI=1S/C33H37N3O5S/c1-22(2)18-28(32(38)39)34-31(37)25-12-10-24(11-13-25)20-36(17-16-23-8-6-5-7-9-23)33-35-29(21-42-33)27-19-26(40-3)14-15-30(27)41-4/h5-15,19,21-22,28H,16-18,20H2,1-4H3,(H,34,37)(H,38,39). The van der Waals surface area contributed by atoms with Crippen LogP contribution in [0.25, 0.3) is 11.3 Å². The molecular formula is C33H37N3O5S. The highest BCUT2D eigenvalue weighted by atomic mass is 32.1. The molecule has 9 heteroatoms. The molecule has 8 nitrogen and oxygen atoms in total. The van der Waals surface area contributed by atoms with Crippen LogP contribution in [-0.4, -0.2) is 48.8 Å². The third kappa shape index (κ3) is 8.10. The zero-order valence-corrected chi connectivity index (χ0v) is 25.2. The highest BCUT2D eigenvalue weighted by molar-refractivity contribution is 7.14. The molecule has 3 aromatic carbocycles. The fourth-order valence-electron chi connectivity index (χ4n) is 4.61. The summed E-state index contributed by atoms with van der Waals surface area (Å²) in [7, 11) is 3.27. The second kappa shape index (κ2) is 14.5. The van der Waals surface area contributed by atoms with Gasteiger partial charge in [0.2, 0.25) is 0 Å². The average Bonchev–Trinajstić information content (AvgIpc) is 3.49. The number of benzene rings is 3. The van der Waals surface area contributed by atoms with E-state index in [1.807, 2.05) is 67.8 Å². The fourth-order valence-corrected chi connectivity index (χ4v) is 5.47. The molecule has 0 aliphatic rings. The molecule has 0 aliphatic carbocycles. The molecule has 4 rings (SSSR count). The molecular weight excluding hydrogens is 550 g/mol. The van der Waals surface area contributed by atoms with E-state index in [1.165, 1.54) is 5.56 Å². The largest absolute Gasteiger partial charge is 0.497 e. The maximum absolute atomic E-state index is 12.8. The van der Waals surface area contributed by atoms with E-state index >= 15 is 0 Å². The van der Waals surface area contributed by atoms with E-state index in [0.717, 1.165) is 46.4 Å². The molecule has 1 atom stereocenters. The Balaban J connectivity index is 1.55. The zero-order chi connectivity index (χ0) is 30.1. The number of thiazole rings is 1. The summed E-state index contributed by atoms with van der Waals surface area (Å²) in [5.74, 6) is 0.164. The van der Waals surface area contributed by atoms with Crippen LogP contribution in [0.1, 0.15) is 41.8 Å². The van der Waals surface area contributed by atoms with Gasteiger partial charge in [-0.2, -0.15) is 0 Å². The minimum atomic E-state index is -1.03. The molecule has 0 aliphatic heterocycles. The van der Waals surface area contributed by atoms with Crippen molar-refractivity contribution in [3.8, 4) is 22.8 Å². The lowest BCUT2D eigenvalue weighted by molar-refractivity contribution is -0.139. The minimum absolute atomic E-state index is 0.145. The number of carboxylic acid groups (broad SMARTS) is 1. The van der Waals surface area contributed by atoms with Crippen molar-refractivity contribution in [3.63, 3.8) is 0 Å². The summed E-state index contributed by atoms with van der Waals surface area (Å²) in [6.07, 6.45) is 1.21. The van der Waals surface area contributed by atoms with E-state index in [4.69, 9.17) is 14.5 Å². The van der Waals surface area contributed by atoms with E-state index in [0.29, 0.717) is 18.5 Å². The number of carboxylic acids is 1. The van der Waals surface area contributed by atoms with Gasteiger partial charge >= 0.3 is 5.97 Å². The third-order valence-electron chi connectivity index (χ3n) is 6.86. The Hall–Kier alpha value is -4.37. The normalized spacial score (nSPS) is 11.6. The van der Waals surface area contributed by atoms with Crippen molar-refractivity contribution >= 4 is 28.3 Å². The van der Waals surface area contributed by atoms with Crippen molar-refractivity contribution in [1.29, 1.82) is 0 Å². The van der Waals surface area contributed by atoms with Gasteiger partial charge in [-0.3, -0.25) is 4.79 Å². The molecule has 1 amide bonds. The number of aliphatic carboxylic acids is 1. The van der Waals surface area contributed by atoms with E-state index in [-0.39, 0.29) is 5.92 Å². The molecule has 0 saturated carbocycles. The summed E-state index contributed by atoms with van der Waals surface area (Å²) in [6, 6.07) is 22.3. The number of amides is 1. The Kier molecular flexibility index (Phi) is 10.6. The topological polar surface area (TPSA) is 101 Å². The molecule has 0 fully saturated rings. The van der Waals surface area contributed by atoms with E-state index in [9.17, 15) is 14.7 Å². The van der Waals surface area contributed by atoms with Gasteiger partial charge in [-0.15, -0.1) is 11.3 Å². The van der Waals surface area contributed by atoms with Gasteiger partial charge in [0.25, 0.3) is 5.91 Å². The number of carbonyl (C=O) groups is 2. The average molecular weight is 588 g/mol. The van der Waals surface area contributed by atoms with Crippen molar-refractivity contribution in [2.75, 3.05) is 25.7 Å². The quantitative estimate of drug-likeness (QED) is 0.178. The Bertz CT molecular complexity index is 1470. The number of rotatable bonds is 14. The Labute approximate surface area is 250 Å². The fraction of sp³-hybridized carbons (Fsp3) is 0.303. The second-order valence-electron chi connectivity index (χ2n) is 10.4. The number of methoxy groups -OCH3 is 2. The first kappa shape index (κ1) is 30.6. The first-order valence-corrected chi connectivity index (χ1v) is 14.7. The van der Waals surface area contributed by atoms with Crippen molar-refractivity contribution in [3.05, 3.63) is 94.9 Å². The number of nitrogens with one attached hydrogen (secondary N) is 1. The highest BCUT2D eigenvalue weighted by Crippen LogP contribution is 2.36. The molecule has 0 radical (unpaired) electrons. The molecule has 1 unspecified atom stereocenters. The number of hydrogen-bond donors (Lipinski definition) is 2. The lowest BCUT2D eigenvalue weighted by Gasteiger charge is -2.22. The summed E-state index contributed by atoms with van der Waals surface area (Å²) in [6.45, 7) is 5.18. The van der Waals surface area contributed by atoms with Crippen LogP contribution in [0.3, 0.4) is 0 Å². The van der Waals surface area contributed by atoms with Gasteiger partial charge in [-0.25, -0.2) is 9.78 Å². The maximum Gasteiger partial charge on any atom is 0.326 e. The smallest absolute Gasteiger partial charge is 0.326 e. The van der Waals surface area contributed by atoms with Crippen molar-refractivity contribution in [1.82, 2.24) is 10.3 Å². The number of hydrogen-bond acceptors (Lipinski definition) is 7. The van der Waals surface area contributed by atoms with Gasteiger partial charge < -0.3 is 24.8 Å². The number of ether oxygens (including phenoxy) is 2. The maximum atomic E-state index is 12.8. The molecule has 2 N–H and O–H groups in total. The number of carbonyl (C=O) groups excluding carboxylic acids is 1. The first-order chi connectivity index (χ1) is 20.3. The monoisotopic (exact) mass is 587 g/mol. The molecule has 4 aromatic rings. The lowest BCUT2D eigenvalue weighted by atomic mass is 10.0. The van der Waals surface area contributed by atoms with Gasteiger partial charge in [0.05, 0.1) is 19.9 Å². The van der Waals surface area contributed by atoms with Crippen molar-refractivity contribution in [2.24, 2.45) is 5.92 Å². The predicted octanol–water partition coefficient (Wildman–Crippen LogP) is 6.31. The number of anilines is 1. The van der Waals surface area contributed by atoms with Crippen LogP contribution < -0.4 is 19.7 Å². The van der Waals surface area contributed by atoms with Crippen molar-refractivity contribution < 1.29 is 24.2 Å². The van der Waals surface area contributed by atoms with E-state index in [1.54, 1.807) is 37.7 Å². The van der Waals surface area contributed by atoms with Crippen LogP contribution in [0.15, 0.2) is 78.2 Å². The molecule has 1 heterocycles. The van der Waals surface area contributed by atoms with E-state index < -0.39 is 17.9 Å². The molecule has 1 aromatic heterocycles. The third-order valence-corrected chi connectivity index (χ3v) is 7.76. The molecule has 0 spiro atoms. The zero-order valence-electron chi connectivity index (χ0n) is 24.4. The summed E-state index contributed by atoms with van der Waals surface area (Å²) in [5, 5.41) is 15.0. The summed E-state index contributed by atoms with van der Waals surface area (Å²) < 4.78 is 11.0. The van der Waals surface area contributed by atoms with Crippen LogP contribution in [0, 0.1) is 5.92 Å². The summed E-state index contributed by atoms with van der Waals surface area (Å²) in [5.41, 5.74) is 4.32. The summed E-state index contributed by atoms with van der Waals surface area (Å²) >= 11 is 1.56. The molecule has 0 bridgehead atoms. The van der Waals surface area contributed by atoms with Gasteiger partial charge in [0.15, 0.2) is 5.13 Å². The predicted molar refractivity (Wildman–Crippen MR) is 167 cm³/mol. The molecule has 0 saturated heterocycles. The van der Waals surface area contributed by atoms with Gasteiger partial charge in [-0.05, 0) is 60.2 Å². The summed E-state index contributed by atoms with van der Waals surface area (Å²) in [4.78, 5) is 31.6. The first-order valence-electron chi connectivity index (χ1n) is 13.9. The molecule has 42 heavy (non-hydrogen) atoms. The highest BCUT2D eigenvalue weighted by Gasteiger charge is 2.22. The Morgan fingerprint density at radius 1 is 0.976 bits per heavy atom. The van der Waals surface area contributed by atoms with E-state index in [2.05, 4.69) is 22.3 Å². The number of nitrogens with zero attached hydrogens (tertiary/aromatic N) is 2. The van der Waals surface area contributed by atoms with Gasteiger partial charge in [0.1, 0.15) is 17.5 Å². The number of aromatic nitrogens is 1. The van der Waals surface area contributed by atoms with Gasteiger partial charge in [-0.1, -0.05) is 56.3 Å². The van der Waals surface area contributed by atoms with Crippen LogP contribution in [-0.2, 0) is 17.8 Å². The lowest BCUT2D eigenvalue weighted by Crippen LogP contribution is -2.41. The Morgan fingerprint density at radius 2 is 1.71 bits per heavy atom. The van der Waals surface area contributed by atoms with Crippen molar-refractivity contribution in [2.45, 2.75) is 39.3 Å². The second-order valence-corrected chi connectivity index (χ2v) is 11.3. The molecule has 220 valence electrons. The minimum Gasteiger partial charge on any atom is -0.497 e. The van der Waals surface area contributed by atoms with Gasteiger partial charge in [0, 0.05) is 29.6 Å². The van der Waals surface area contributed by atoms with Crippen LogP contribution in [0.2, 0.25) is 0 Å². The Morgan fingerprint density at radius 3 is 2.36 bits per heavy atom. The van der Waals surface area contributed by atoms with Crippen LogP contribution in [0.5, 0.6) is 11.5 Å². The SMILES string of the molecule is COc1ccc(OC)c(-c2csc(N(CCc3ccccc3)Cc3ccc(C(=O)NC(CC(C)C)C(=O)O)cc3)n2)c1. The van der Waals surface area contributed by atoms with Crippen LogP contribution >= 0.6 is 11.3 Å².